The molecule has 0 aliphatic carbocycles. The molecule has 160 valence electrons. The summed E-state index contributed by atoms with van der Waals surface area (Å²) in [7, 11) is 0. The van der Waals surface area contributed by atoms with E-state index < -0.39 is 5.91 Å². The number of hydrogen-bond acceptors (Lipinski definition) is 7. The zero-order chi connectivity index (χ0) is 21.7. The predicted molar refractivity (Wildman–Crippen MR) is 115 cm³/mol. The zero-order valence-corrected chi connectivity index (χ0v) is 18.6. The van der Waals surface area contributed by atoms with Crippen LogP contribution < -0.4 is 5.73 Å². The Hall–Kier alpha value is -1.91. The minimum absolute atomic E-state index is 0.0716. The van der Waals surface area contributed by atoms with Crippen molar-refractivity contribution >= 4 is 47.0 Å². The van der Waals surface area contributed by atoms with Gasteiger partial charge in [0.05, 0.1) is 29.3 Å². The van der Waals surface area contributed by atoms with Crippen LogP contribution in [0.3, 0.4) is 0 Å². The van der Waals surface area contributed by atoms with E-state index in [4.69, 9.17) is 33.7 Å². The number of amides is 2. The first-order valence-electron chi connectivity index (χ1n) is 9.19. The van der Waals surface area contributed by atoms with Gasteiger partial charge in [0.15, 0.2) is 5.69 Å². The molecule has 11 heteroatoms. The standard InChI is InChI=1S/C19H21Cl2N5O3S/c1-12(27)26(30-18-5-4-17(19(22)28)23-24-18)11-14-10-25(6-7-29-14)9-13-2-3-15(20)16(21)8-13/h2-5,8,14H,6-7,9-11H2,1H3,(H2,22,28)/t14-/m0/s1. The van der Waals surface area contributed by atoms with Crippen LogP contribution in [0.15, 0.2) is 35.4 Å². The topological polar surface area (TPSA) is 102 Å². The summed E-state index contributed by atoms with van der Waals surface area (Å²) in [4.78, 5) is 25.5. The summed E-state index contributed by atoms with van der Waals surface area (Å²) in [5, 5.41) is 9.25. The fraction of sp³-hybridized carbons (Fsp3) is 0.368. The van der Waals surface area contributed by atoms with Crippen LogP contribution in [0.25, 0.3) is 0 Å². The van der Waals surface area contributed by atoms with Crippen LogP contribution in [0.1, 0.15) is 23.0 Å². The fourth-order valence-corrected chi connectivity index (χ4v) is 4.08. The molecule has 0 radical (unpaired) electrons. The molecule has 1 aromatic heterocycles. The van der Waals surface area contributed by atoms with E-state index in [1.54, 1.807) is 16.4 Å². The third-order valence-corrected chi connectivity index (χ3v) is 6.20. The number of ether oxygens (including phenoxy) is 1. The van der Waals surface area contributed by atoms with E-state index in [0.717, 1.165) is 24.1 Å². The minimum atomic E-state index is -0.653. The van der Waals surface area contributed by atoms with Crippen molar-refractivity contribution < 1.29 is 14.3 Å². The van der Waals surface area contributed by atoms with E-state index >= 15 is 0 Å². The molecule has 0 bridgehead atoms. The molecule has 1 aliphatic rings. The largest absolute Gasteiger partial charge is 0.374 e. The lowest BCUT2D eigenvalue weighted by atomic mass is 10.2. The van der Waals surface area contributed by atoms with Gasteiger partial charge in [0.25, 0.3) is 5.91 Å². The van der Waals surface area contributed by atoms with Crippen LogP contribution in [0.5, 0.6) is 0 Å². The summed E-state index contributed by atoms with van der Waals surface area (Å²) in [5.41, 5.74) is 6.31. The third kappa shape index (κ3) is 6.29. The highest BCUT2D eigenvalue weighted by Gasteiger charge is 2.25. The maximum absolute atomic E-state index is 12.1. The first kappa shape index (κ1) is 22.8. The van der Waals surface area contributed by atoms with Gasteiger partial charge < -0.3 is 10.5 Å². The van der Waals surface area contributed by atoms with E-state index in [2.05, 4.69) is 15.1 Å². The maximum Gasteiger partial charge on any atom is 0.269 e. The van der Waals surface area contributed by atoms with Crippen molar-refractivity contribution in [2.24, 2.45) is 5.73 Å². The van der Waals surface area contributed by atoms with E-state index in [-0.39, 0.29) is 17.7 Å². The monoisotopic (exact) mass is 469 g/mol. The lowest BCUT2D eigenvalue weighted by Gasteiger charge is -2.35. The Labute approximate surface area is 188 Å². The molecule has 1 fully saturated rings. The van der Waals surface area contributed by atoms with Crippen LogP contribution in [0.2, 0.25) is 10.0 Å². The second kappa shape index (κ2) is 10.4. The Morgan fingerprint density at radius 1 is 1.27 bits per heavy atom. The number of rotatable bonds is 7. The average Bonchev–Trinajstić information content (AvgIpc) is 2.71. The number of carbonyl (C=O) groups excluding carboxylic acids is 2. The van der Waals surface area contributed by atoms with Gasteiger partial charge in [-0.25, -0.2) is 0 Å². The molecule has 2 heterocycles. The quantitative estimate of drug-likeness (QED) is 0.621. The van der Waals surface area contributed by atoms with Crippen molar-refractivity contribution in [2.45, 2.75) is 24.6 Å². The van der Waals surface area contributed by atoms with Crippen molar-refractivity contribution in [3.63, 3.8) is 0 Å². The molecule has 0 saturated carbocycles. The Bertz CT molecular complexity index is 916. The molecule has 0 spiro atoms. The normalized spacial score (nSPS) is 17.0. The summed E-state index contributed by atoms with van der Waals surface area (Å²) < 4.78 is 7.44. The lowest BCUT2D eigenvalue weighted by Crippen LogP contribution is -2.46. The van der Waals surface area contributed by atoms with Crippen molar-refractivity contribution in [3.05, 3.63) is 51.6 Å². The van der Waals surface area contributed by atoms with Crippen molar-refractivity contribution in [1.29, 1.82) is 0 Å². The molecule has 1 aliphatic heterocycles. The number of benzene rings is 1. The van der Waals surface area contributed by atoms with Crippen molar-refractivity contribution in [2.75, 3.05) is 26.2 Å². The summed E-state index contributed by atoms with van der Waals surface area (Å²) in [6.07, 6.45) is -0.157. The molecule has 2 N–H and O–H groups in total. The third-order valence-electron chi connectivity index (χ3n) is 4.43. The number of morpholine rings is 1. The molecule has 1 atom stereocenters. The van der Waals surface area contributed by atoms with E-state index in [9.17, 15) is 9.59 Å². The summed E-state index contributed by atoms with van der Waals surface area (Å²) >= 11 is 13.2. The molecule has 8 nitrogen and oxygen atoms in total. The van der Waals surface area contributed by atoms with Gasteiger partial charge in [0, 0.05) is 38.5 Å². The van der Waals surface area contributed by atoms with Crippen LogP contribution in [0, 0.1) is 0 Å². The highest BCUT2D eigenvalue weighted by molar-refractivity contribution is 7.97. The van der Waals surface area contributed by atoms with Gasteiger partial charge >= 0.3 is 0 Å². The Morgan fingerprint density at radius 3 is 2.70 bits per heavy atom. The molecule has 2 aromatic rings. The molecule has 1 aromatic carbocycles. The van der Waals surface area contributed by atoms with Crippen LogP contribution in [0.4, 0.5) is 0 Å². The van der Waals surface area contributed by atoms with Crippen LogP contribution in [-0.2, 0) is 16.1 Å². The predicted octanol–water partition coefficient (Wildman–Crippen LogP) is 2.64. The summed E-state index contributed by atoms with van der Waals surface area (Å²) in [5.74, 6) is -0.786. The number of aromatic nitrogens is 2. The fourth-order valence-electron chi connectivity index (χ4n) is 2.96. The van der Waals surface area contributed by atoms with Crippen molar-refractivity contribution in [3.8, 4) is 0 Å². The number of hydrogen-bond donors (Lipinski definition) is 1. The SMILES string of the molecule is CC(=O)N(C[C@@H]1CN(Cc2ccc(Cl)c(Cl)c2)CCO1)Sc1ccc(C(N)=O)nn1. The van der Waals surface area contributed by atoms with Gasteiger partial charge in [0.1, 0.15) is 5.03 Å². The van der Waals surface area contributed by atoms with Gasteiger partial charge in [0.2, 0.25) is 5.91 Å². The Balaban J connectivity index is 1.59. The van der Waals surface area contributed by atoms with Crippen LogP contribution >= 0.6 is 35.1 Å². The number of halogens is 2. The van der Waals surface area contributed by atoms with E-state index in [1.165, 1.54) is 13.0 Å². The van der Waals surface area contributed by atoms with Gasteiger partial charge in [-0.1, -0.05) is 29.3 Å². The number of nitrogens with zero attached hydrogens (tertiary/aromatic N) is 4. The van der Waals surface area contributed by atoms with Crippen LogP contribution in [-0.4, -0.2) is 63.6 Å². The molecule has 2 amide bonds. The Morgan fingerprint density at radius 2 is 2.07 bits per heavy atom. The molecule has 0 unspecified atom stereocenters. The maximum atomic E-state index is 12.1. The Kier molecular flexibility index (Phi) is 7.90. The number of nitrogens with two attached hydrogens (primary N) is 1. The minimum Gasteiger partial charge on any atom is -0.374 e. The first-order valence-corrected chi connectivity index (χ1v) is 10.7. The van der Waals surface area contributed by atoms with Gasteiger partial charge in [-0.2, -0.15) is 0 Å². The molecular weight excluding hydrogens is 449 g/mol. The van der Waals surface area contributed by atoms with E-state index in [1.807, 2.05) is 12.1 Å². The average molecular weight is 470 g/mol. The summed E-state index contributed by atoms with van der Waals surface area (Å²) in [6, 6.07) is 8.68. The summed E-state index contributed by atoms with van der Waals surface area (Å²) in [6.45, 7) is 4.59. The highest BCUT2D eigenvalue weighted by Crippen LogP contribution is 2.25. The number of carbonyl (C=O) groups is 2. The molecule has 1 saturated heterocycles. The van der Waals surface area contributed by atoms with Crippen molar-refractivity contribution in [1.82, 2.24) is 19.4 Å². The first-order chi connectivity index (χ1) is 14.3. The lowest BCUT2D eigenvalue weighted by molar-refractivity contribution is -0.126. The van der Waals surface area contributed by atoms with Gasteiger partial charge in [-0.15, -0.1) is 10.2 Å². The molecule has 3 rings (SSSR count). The van der Waals surface area contributed by atoms with Gasteiger partial charge in [-0.05, 0) is 29.8 Å². The second-order valence-corrected chi connectivity index (χ2v) is 8.62. The second-order valence-electron chi connectivity index (χ2n) is 6.77. The zero-order valence-electron chi connectivity index (χ0n) is 16.3. The number of primary amides is 1. The highest BCUT2D eigenvalue weighted by atomic mass is 35.5. The smallest absolute Gasteiger partial charge is 0.269 e. The van der Waals surface area contributed by atoms with Gasteiger partial charge in [-0.3, -0.25) is 18.8 Å². The molecule has 30 heavy (non-hydrogen) atoms. The molecular formula is C19H21Cl2N5O3S. The van der Waals surface area contributed by atoms with E-state index in [0.29, 0.717) is 41.3 Å².